The topological polar surface area (TPSA) is 123 Å². The summed E-state index contributed by atoms with van der Waals surface area (Å²) in [7, 11) is 1.54. The number of amides is 1. The second-order valence-corrected chi connectivity index (χ2v) is 11.5. The van der Waals surface area contributed by atoms with Crippen LogP contribution in [0.25, 0.3) is 5.65 Å². The third kappa shape index (κ3) is 7.31. The fourth-order valence-corrected chi connectivity index (χ4v) is 4.77. The van der Waals surface area contributed by atoms with Crippen molar-refractivity contribution in [2.75, 3.05) is 56.7 Å². The number of hydrogen-bond acceptors (Lipinski definition) is 10. The second kappa shape index (κ2) is 12.4. The average Bonchev–Trinajstić information content (AvgIpc) is 3.65. The van der Waals surface area contributed by atoms with E-state index in [-0.39, 0.29) is 5.78 Å². The number of ether oxygens (including phenoxy) is 3. The van der Waals surface area contributed by atoms with Gasteiger partial charge in [0.05, 0.1) is 32.1 Å². The summed E-state index contributed by atoms with van der Waals surface area (Å²) < 4.78 is 18.3. The summed E-state index contributed by atoms with van der Waals surface area (Å²) in [5.74, 6) is 1.66. The van der Waals surface area contributed by atoms with Crippen molar-refractivity contribution < 1.29 is 23.8 Å². The molecule has 12 nitrogen and oxygen atoms in total. The van der Waals surface area contributed by atoms with E-state index in [1.165, 1.54) is 0 Å². The molecule has 41 heavy (non-hydrogen) atoms. The Morgan fingerprint density at radius 1 is 1.22 bits per heavy atom. The summed E-state index contributed by atoms with van der Waals surface area (Å²) in [6, 6.07) is 5.34. The summed E-state index contributed by atoms with van der Waals surface area (Å²) in [6.45, 7) is 9.83. The number of aromatic nitrogens is 4. The molecule has 0 spiro atoms. The molecule has 1 aliphatic heterocycles. The molecular weight excluding hydrogens is 526 g/mol. The number of carbonyl (C=O) groups is 2. The number of fused-ring (bicyclic) bond motifs is 1. The van der Waals surface area contributed by atoms with Gasteiger partial charge in [-0.25, -0.2) is 14.8 Å². The lowest BCUT2D eigenvalue weighted by Crippen LogP contribution is -2.41. The van der Waals surface area contributed by atoms with Crippen LogP contribution in [0.15, 0.2) is 30.6 Å². The molecule has 5 rings (SSSR count). The van der Waals surface area contributed by atoms with Crippen molar-refractivity contribution in [1.82, 2.24) is 24.5 Å². The van der Waals surface area contributed by atoms with Crippen molar-refractivity contribution in [2.24, 2.45) is 5.92 Å². The summed E-state index contributed by atoms with van der Waals surface area (Å²) >= 11 is 0. The van der Waals surface area contributed by atoms with E-state index in [0.29, 0.717) is 72.9 Å². The smallest absolute Gasteiger partial charge is 0.416 e. The molecule has 2 aliphatic rings. The Kier molecular flexibility index (Phi) is 8.69. The normalized spacial score (nSPS) is 16.0. The van der Waals surface area contributed by atoms with Crippen LogP contribution in [-0.4, -0.2) is 88.5 Å². The first-order valence-corrected chi connectivity index (χ1v) is 14.2. The molecule has 1 saturated heterocycles. The number of carbonyl (C=O) groups excluding carboxylic acids is 2. The lowest BCUT2D eigenvalue weighted by atomic mass is 10.1. The van der Waals surface area contributed by atoms with Gasteiger partial charge in [0.25, 0.3) is 0 Å². The molecule has 1 aliphatic carbocycles. The molecule has 12 heteroatoms. The molecule has 220 valence electrons. The van der Waals surface area contributed by atoms with Gasteiger partial charge in [-0.1, -0.05) is 0 Å². The summed E-state index contributed by atoms with van der Waals surface area (Å²) in [5, 5.41) is 7.80. The maximum absolute atomic E-state index is 13.6. The van der Waals surface area contributed by atoms with E-state index < -0.39 is 11.7 Å². The molecule has 3 aromatic heterocycles. The van der Waals surface area contributed by atoms with Crippen molar-refractivity contribution in [3.8, 4) is 5.88 Å². The molecule has 1 saturated carbocycles. The van der Waals surface area contributed by atoms with Gasteiger partial charge in [-0.15, -0.1) is 0 Å². The molecule has 3 aromatic rings. The van der Waals surface area contributed by atoms with Crippen LogP contribution < -0.4 is 15.0 Å². The van der Waals surface area contributed by atoms with Crippen LogP contribution >= 0.6 is 0 Å². The number of methoxy groups -OCH3 is 1. The minimum absolute atomic E-state index is 0.00630. The molecule has 0 radical (unpaired) electrons. The van der Waals surface area contributed by atoms with Crippen molar-refractivity contribution in [3.05, 3.63) is 36.2 Å². The molecule has 0 aromatic carbocycles. The van der Waals surface area contributed by atoms with E-state index in [0.717, 1.165) is 32.5 Å². The van der Waals surface area contributed by atoms with Crippen LogP contribution in [0.4, 0.5) is 22.1 Å². The van der Waals surface area contributed by atoms with Gasteiger partial charge in [0.15, 0.2) is 11.4 Å². The van der Waals surface area contributed by atoms with Gasteiger partial charge in [-0.2, -0.15) is 9.61 Å². The summed E-state index contributed by atoms with van der Waals surface area (Å²) in [4.78, 5) is 39.8. The van der Waals surface area contributed by atoms with Crippen molar-refractivity contribution in [2.45, 2.75) is 52.1 Å². The van der Waals surface area contributed by atoms with E-state index in [1.54, 1.807) is 41.1 Å². The average molecular weight is 566 g/mol. The molecular formula is C29H39N7O5. The quantitative estimate of drug-likeness (QED) is 0.336. The van der Waals surface area contributed by atoms with Crippen LogP contribution in [0, 0.1) is 5.92 Å². The highest BCUT2D eigenvalue weighted by Crippen LogP contribution is 2.35. The SMILES string of the molecule is COc1ncccc1Nc1cc(N(CCCN2CCOCC2)C(=O)OC(C)(C)C)n2ncc(C(=O)CC3CC3)c2n1. The zero-order chi connectivity index (χ0) is 29.0. The third-order valence-corrected chi connectivity index (χ3v) is 7.00. The Morgan fingerprint density at radius 3 is 2.71 bits per heavy atom. The Balaban J connectivity index is 1.53. The Labute approximate surface area is 240 Å². The van der Waals surface area contributed by atoms with E-state index in [9.17, 15) is 9.59 Å². The Bertz CT molecular complexity index is 1380. The van der Waals surface area contributed by atoms with Gasteiger partial charge in [0.2, 0.25) is 5.88 Å². The zero-order valence-electron chi connectivity index (χ0n) is 24.3. The standard InChI is InChI=1S/C29H39N7O5/c1-29(2,3)41-28(38)35(12-6-11-34-13-15-40-16-14-34)25-18-24(32-22-7-5-10-30-27(22)39-4)33-26-21(19-31-36(25)26)23(37)17-20-8-9-20/h5,7,10,18-20H,6,8-9,11-17H2,1-4H3,(H,32,33). The Hall–Kier alpha value is -3.77. The fourth-order valence-electron chi connectivity index (χ4n) is 4.77. The molecule has 0 atom stereocenters. The van der Waals surface area contributed by atoms with E-state index in [4.69, 9.17) is 19.2 Å². The highest BCUT2D eigenvalue weighted by molar-refractivity contribution is 6.02. The monoisotopic (exact) mass is 565 g/mol. The van der Waals surface area contributed by atoms with Crippen molar-refractivity contribution in [1.29, 1.82) is 0 Å². The first-order valence-electron chi connectivity index (χ1n) is 14.2. The van der Waals surface area contributed by atoms with Crippen molar-refractivity contribution >= 4 is 34.8 Å². The molecule has 0 bridgehead atoms. The van der Waals surface area contributed by atoms with E-state index in [1.807, 2.05) is 26.8 Å². The number of Topliss-reactive ketones (excluding diaryl/α,β-unsaturated/α-hetero) is 1. The number of ketones is 1. The van der Waals surface area contributed by atoms with Crippen LogP contribution in [0.3, 0.4) is 0 Å². The summed E-state index contributed by atoms with van der Waals surface area (Å²) in [6.07, 6.45) is 5.97. The Morgan fingerprint density at radius 2 is 2.00 bits per heavy atom. The largest absolute Gasteiger partial charge is 0.480 e. The first kappa shape index (κ1) is 28.7. The fraction of sp³-hybridized carbons (Fsp3) is 0.552. The minimum atomic E-state index is -0.703. The number of rotatable bonds is 11. The number of nitrogens with zero attached hydrogens (tertiary/aromatic N) is 6. The number of anilines is 3. The van der Waals surface area contributed by atoms with Crippen LogP contribution in [0.1, 0.15) is 56.8 Å². The number of morpholine rings is 1. The molecule has 2 fully saturated rings. The lowest BCUT2D eigenvalue weighted by Gasteiger charge is -2.30. The zero-order valence-corrected chi connectivity index (χ0v) is 24.3. The van der Waals surface area contributed by atoms with Gasteiger partial charge in [-0.05, 0) is 58.1 Å². The predicted octanol–water partition coefficient (Wildman–Crippen LogP) is 4.32. The number of hydrogen-bond donors (Lipinski definition) is 1. The molecule has 0 unspecified atom stereocenters. The second-order valence-electron chi connectivity index (χ2n) is 11.5. The van der Waals surface area contributed by atoms with Gasteiger partial charge < -0.3 is 19.5 Å². The van der Waals surface area contributed by atoms with Gasteiger partial charge >= 0.3 is 6.09 Å². The summed E-state index contributed by atoms with van der Waals surface area (Å²) in [5.41, 5.74) is 0.697. The molecule has 4 heterocycles. The van der Waals surface area contributed by atoms with Crippen molar-refractivity contribution in [3.63, 3.8) is 0 Å². The number of pyridine rings is 1. The van der Waals surface area contributed by atoms with Gasteiger partial charge in [0.1, 0.15) is 22.9 Å². The highest BCUT2D eigenvalue weighted by Gasteiger charge is 2.30. The molecule has 1 amide bonds. The van der Waals surface area contributed by atoms with E-state index >= 15 is 0 Å². The predicted molar refractivity (Wildman–Crippen MR) is 154 cm³/mol. The van der Waals surface area contributed by atoms with Crippen LogP contribution in [0.5, 0.6) is 5.88 Å². The van der Waals surface area contributed by atoms with Gasteiger partial charge in [0, 0.05) is 44.9 Å². The van der Waals surface area contributed by atoms with Gasteiger partial charge in [-0.3, -0.25) is 14.6 Å². The lowest BCUT2D eigenvalue weighted by molar-refractivity contribution is 0.0371. The highest BCUT2D eigenvalue weighted by atomic mass is 16.6. The van der Waals surface area contributed by atoms with Crippen LogP contribution in [-0.2, 0) is 9.47 Å². The maximum atomic E-state index is 13.6. The van der Waals surface area contributed by atoms with E-state index in [2.05, 4.69) is 20.3 Å². The maximum Gasteiger partial charge on any atom is 0.416 e. The molecule has 1 N–H and O–H groups in total. The number of nitrogens with one attached hydrogen (secondary N) is 1. The third-order valence-electron chi connectivity index (χ3n) is 7.00. The first-order chi connectivity index (χ1) is 19.7. The minimum Gasteiger partial charge on any atom is -0.480 e. The van der Waals surface area contributed by atoms with Crippen LogP contribution in [0.2, 0.25) is 0 Å².